The quantitative estimate of drug-likeness (QED) is 0.823. The summed E-state index contributed by atoms with van der Waals surface area (Å²) in [7, 11) is 3.70. The molecule has 2 heterocycles. The molecule has 160 valence electrons. The van der Waals surface area contributed by atoms with Crippen molar-refractivity contribution in [1.29, 1.82) is 0 Å². The van der Waals surface area contributed by atoms with E-state index >= 15 is 0 Å². The fourth-order valence-corrected chi connectivity index (χ4v) is 4.36. The van der Waals surface area contributed by atoms with Gasteiger partial charge in [0, 0.05) is 51.9 Å². The highest BCUT2D eigenvalue weighted by molar-refractivity contribution is 5.97. The van der Waals surface area contributed by atoms with Crippen molar-refractivity contribution < 1.29 is 14.6 Å². The fraction of sp³-hybridized carbons (Fsp3) is 0.458. The molecule has 1 saturated heterocycles. The maximum Gasteiger partial charge on any atom is 0.258 e. The van der Waals surface area contributed by atoms with Gasteiger partial charge < -0.3 is 19.6 Å². The minimum Gasteiger partial charge on any atom is -0.508 e. The van der Waals surface area contributed by atoms with Gasteiger partial charge in [-0.05, 0) is 41.8 Å². The largest absolute Gasteiger partial charge is 0.508 e. The number of likely N-dealkylation sites (N-methyl/N-ethyl adjacent to an activating group) is 1. The van der Waals surface area contributed by atoms with Gasteiger partial charge in [0.25, 0.3) is 5.91 Å². The van der Waals surface area contributed by atoms with Crippen LogP contribution in [0.15, 0.2) is 30.3 Å². The molecule has 6 nitrogen and oxygen atoms in total. The van der Waals surface area contributed by atoms with Crippen LogP contribution in [0.5, 0.6) is 11.5 Å². The first kappa shape index (κ1) is 20.7. The van der Waals surface area contributed by atoms with Gasteiger partial charge in [-0.3, -0.25) is 9.69 Å². The van der Waals surface area contributed by atoms with Crippen molar-refractivity contribution in [2.24, 2.45) is 0 Å². The molecule has 4 rings (SSSR count). The molecule has 1 fully saturated rings. The second-order valence-corrected chi connectivity index (χ2v) is 8.38. The molecule has 2 aliphatic heterocycles. The topological polar surface area (TPSA) is 56.3 Å². The summed E-state index contributed by atoms with van der Waals surface area (Å²) in [6.45, 7) is 8.55. The van der Waals surface area contributed by atoms with Crippen molar-refractivity contribution in [3.63, 3.8) is 0 Å². The first-order valence-corrected chi connectivity index (χ1v) is 10.7. The van der Waals surface area contributed by atoms with Crippen LogP contribution in [-0.2, 0) is 26.1 Å². The molecule has 0 saturated carbocycles. The first-order chi connectivity index (χ1) is 14.5. The second kappa shape index (κ2) is 8.66. The summed E-state index contributed by atoms with van der Waals surface area (Å²) in [4.78, 5) is 20.0. The number of ether oxygens (including phenoxy) is 1. The second-order valence-electron chi connectivity index (χ2n) is 8.38. The van der Waals surface area contributed by atoms with Crippen molar-refractivity contribution >= 4 is 5.91 Å². The van der Waals surface area contributed by atoms with Crippen LogP contribution in [0.2, 0.25) is 0 Å². The Kier molecular flexibility index (Phi) is 5.97. The summed E-state index contributed by atoms with van der Waals surface area (Å²) in [5.74, 6) is 0.531. The van der Waals surface area contributed by atoms with Gasteiger partial charge in [0.1, 0.15) is 11.5 Å². The van der Waals surface area contributed by atoms with Crippen LogP contribution in [-0.4, -0.2) is 66.0 Å². The predicted octanol–water partition coefficient (Wildman–Crippen LogP) is 2.87. The van der Waals surface area contributed by atoms with Crippen molar-refractivity contribution in [3.05, 3.63) is 58.1 Å². The summed E-state index contributed by atoms with van der Waals surface area (Å²) in [5.41, 5.74) is 5.01. The number of carbonyl (C=O) groups is 1. The molecule has 1 amide bonds. The molecule has 1 N–H and O–H groups in total. The third-order valence-electron chi connectivity index (χ3n) is 6.29. The normalized spacial score (nSPS) is 17.2. The van der Waals surface area contributed by atoms with Crippen LogP contribution in [0.3, 0.4) is 0 Å². The maximum atomic E-state index is 13.3. The summed E-state index contributed by atoms with van der Waals surface area (Å²) in [5, 5.41) is 10.1. The van der Waals surface area contributed by atoms with E-state index in [0.29, 0.717) is 30.8 Å². The molecule has 0 bridgehead atoms. The van der Waals surface area contributed by atoms with E-state index in [-0.39, 0.29) is 11.7 Å². The minimum absolute atomic E-state index is 0.0571. The van der Waals surface area contributed by atoms with E-state index in [9.17, 15) is 9.90 Å². The van der Waals surface area contributed by atoms with Crippen molar-refractivity contribution in [3.8, 4) is 11.5 Å². The molecule has 0 unspecified atom stereocenters. The number of phenols is 1. The minimum atomic E-state index is -0.0571. The summed E-state index contributed by atoms with van der Waals surface area (Å²) < 4.78 is 5.38. The smallest absolute Gasteiger partial charge is 0.258 e. The lowest BCUT2D eigenvalue weighted by Gasteiger charge is -2.32. The molecule has 2 aromatic carbocycles. The van der Waals surface area contributed by atoms with Crippen molar-refractivity contribution in [2.75, 3.05) is 40.3 Å². The van der Waals surface area contributed by atoms with Crippen LogP contribution in [0, 0.1) is 0 Å². The zero-order valence-corrected chi connectivity index (χ0v) is 18.1. The zero-order valence-electron chi connectivity index (χ0n) is 18.1. The van der Waals surface area contributed by atoms with Gasteiger partial charge in [-0.2, -0.15) is 0 Å². The Balaban J connectivity index is 1.49. The van der Waals surface area contributed by atoms with Gasteiger partial charge >= 0.3 is 0 Å². The molecular weight excluding hydrogens is 378 g/mol. The lowest BCUT2D eigenvalue weighted by atomic mass is 10.1. The lowest BCUT2D eigenvalue weighted by Crippen LogP contribution is -2.43. The molecule has 0 atom stereocenters. The third kappa shape index (κ3) is 4.16. The monoisotopic (exact) mass is 409 g/mol. The average molecular weight is 410 g/mol. The van der Waals surface area contributed by atoms with Gasteiger partial charge in [0.15, 0.2) is 0 Å². The average Bonchev–Trinajstić information content (AvgIpc) is 3.18. The number of aryl methyl sites for hydroxylation is 1. The Morgan fingerprint density at radius 1 is 1.07 bits per heavy atom. The summed E-state index contributed by atoms with van der Waals surface area (Å²) in [6.07, 6.45) is 0.659. The van der Waals surface area contributed by atoms with E-state index in [0.717, 1.165) is 38.3 Å². The molecule has 0 aromatic heterocycles. The Morgan fingerprint density at radius 3 is 2.50 bits per heavy atom. The van der Waals surface area contributed by atoms with E-state index in [2.05, 4.69) is 35.0 Å². The zero-order chi connectivity index (χ0) is 21.3. The number of phenolic OH excluding ortho intramolecular Hbond substituents is 1. The Bertz CT molecular complexity index is 936. The van der Waals surface area contributed by atoms with E-state index in [1.807, 2.05) is 11.8 Å². The number of aromatic hydroxyl groups is 1. The molecule has 2 aromatic rings. The molecule has 6 heteroatoms. The highest BCUT2D eigenvalue weighted by Crippen LogP contribution is 2.32. The number of rotatable bonds is 5. The Morgan fingerprint density at radius 2 is 1.80 bits per heavy atom. The van der Waals surface area contributed by atoms with E-state index in [4.69, 9.17) is 4.74 Å². The first-order valence-electron chi connectivity index (χ1n) is 10.7. The number of piperazine rings is 1. The fourth-order valence-electron chi connectivity index (χ4n) is 4.36. The van der Waals surface area contributed by atoms with Crippen LogP contribution in [0.25, 0.3) is 0 Å². The number of benzene rings is 2. The molecule has 0 aliphatic carbocycles. The van der Waals surface area contributed by atoms with Crippen LogP contribution >= 0.6 is 0 Å². The highest BCUT2D eigenvalue weighted by Gasteiger charge is 2.27. The lowest BCUT2D eigenvalue weighted by molar-refractivity contribution is 0.0748. The van der Waals surface area contributed by atoms with E-state index in [1.165, 1.54) is 23.8 Å². The number of amides is 1. The van der Waals surface area contributed by atoms with E-state index in [1.54, 1.807) is 12.1 Å². The number of nitrogens with zero attached hydrogens (tertiary/aromatic N) is 3. The Hall–Kier alpha value is -2.57. The van der Waals surface area contributed by atoms with Crippen LogP contribution in [0.1, 0.15) is 39.5 Å². The van der Waals surface area contributed by atoms with Crippen molar-refractivity contribution in [1.82, 2.24) is 14.7 Å². The Labute approximate surface area is 178 Å². The number of carbonyl (C=O) groups excluding carboxylic acids is 1. The summed E-state index contributed by atoms with van der Waals surface area (Å²) >= 11 is 0. The standard InChI is InChI=1S/C24H31N3O3/c1-4-18-12-21(23(30-3)13-22(18)28)24(29)27-15-19-6-5-17(11-20(19)16-27)14-26-9-7-25(2)8-10-26/h5-6,11-13,28H,4,7-10,14-16H2,1-3H3. The molecular formula is C24H31N3O3. The molecule has 30 heavy (non-hydrogen) atoms. The van der Waals surface area contributed by atoms with Gasteiger partial charge in [0.05, 0.1) is 12.7 Å². The number of hydrogen-bond donors (Lipinski definition) is 1. The van der Waals surface area contributed by atoms with Gasteiger partial charge in [-0.15, -0.1) is 0 Å². The van der Waals surface area contributed by atoms with Crippen molar-refractivity contribution in [2.45, 2.75) is 33.0 Å². The third-order valence-corrected chi connectivity index (χ3v) is 6.29. The molecule has 0 spiro atoms. The molecule has 0 radical (unpaired) electrons. The summed E-state index contributed by atoms with van der Waals surface area (Å²) in [6, 6.07) is 9.93. The van der Waals surface area contributed by atoms with E-state index < -0.39 is 0 Å². The van der Waals surface area contributed by atoms with Gasteiger partial charge in [-0.25, -0.2) is 0 Å². The van der Waals surface area contributed by atoms with Gasteiger partial charge in [-0.1, -0.05) is 25.1 Å². The molecule has 2 aliphatic rings. The number of hydrogen-bond acceptors (Lipinski definition) is 5. The predicted molar refractivity (Wildman–Crippen MR) is 117 cm³/mol. The number of fused-ring (bicyclic) bond motifs is 1. The highest BCUT2D eigenvalue weighted by atomic mass is 16.5. The van der Waals surface area contributed by atoms with Crippen LogP contribution in [0.4, 0.5) is 0 Å². The maximum absolute atomic E-state index is 13.3. The SMILES string of the molecule is CCc1cc(C(=O)N2Cc3ccc(CN4CCN(C)CC4)cc3C2)c(OC)cc1O. The number of methoxy groups -OCH3 is 1. The van der Waals surface area contributed by atoms with Gasteiger partial charge in [0.2, 0.25) is 0 Å². The van der Waals surface area contributed by atoms with Crippen LogP contribution < -0.4 is 4.74 Å².